The van der Waals surface area contributed by atoms with Gasteiger partial charge < -0.3 is 19.7 Å². The molecule has 1 heterocycles. The summed E-state index contributed by atoms with van der Waals surface area (Å²) in [4.78, 5) is 71.1. The van der Waals surface area contributed by atoms with Gasteiger partial charge in [0.15, 0.2) is 0 Å². The maximum absolute atomic E-state index is 13.2. The predicted molar refractivity (Wildman–Crippen MR) is 200 cm³/mol. The van der Waals surface area contributed by atoms with Crippen LogP contribution in [0.3, 0.4) is 0 Å². The molecule has 1 fully saturated rings. The van der Waals surface area contributed by atoms with Crippen LogP contribution in [0.5, 0.6) is 11.5 Å². The summed E-state index contributed by atoms with van der Waals surface area (Å²) in [5, 5.41) is 22.0. The molecule has 1 aliphatic rings. The number of aromatic hydroxyl groups is 2. The Labute approximate surface area is 319 Å². The van der Waals surface area contributed by atoms with Crippen molar-refractivity contribution in [1.82, 2.24) is 0 Å². The van der Waals surface area contributed by atoms with E-state index in [9.17, 15) is 29.4 Å². The third-order valence-electron chi connectivity index (χ3n) is 9.24. The normalized spacial score (nSPS) is 15.2. The number of phenolic OH excluding ortho intramolecular Hbond substituents is 2. The van der Waals surface area contributed by atoms with Gasteiger partial charge in [-0.15, -0.1) is 0 Å². The topological polar surface area (TPSA) is 171 Å². The molecule has 0 saturated carbocycles. The summed E-state index contributed by atoms with van der Waals surface area (Å²) in [5.74, 6) is -6.72. The fourth-order valence-corrected chi connectivity index (χ4v) is 5.83. The standard InChI is InChI=1S/C42H60O12/c1-37(2,3)26-16-24(17-27(33(26)45)38(4,5)6)22-49-31(43)20-30(41(13,14)15)35(47)51-52-36(48)42(53-54-42)21-32(44)50-23-25-18-28(39(7,8)9)34(46)29(19-25)40(10,11)12/h16-19,30,45-46H,20-23H2,1-15H3. The molecule has 0 aliphatic carbocycles. The number of benzene rings is 2. The second kappa shape index (κ2) is 15.5. The van der Waals surface area contributed by atoms with Crippen LogP contribution < -0.4 is 0 Å². The van der Waals surface area contributed by atoms with E-state index in [1.807, 2.05) is 83.1 Å². The quantitative estimate of drug-likeness (QED) is 0.103. The van der Waals surface area contributed by atoms with Crippen LogP contribution in [-0.2, 0) is 83.1 Å². The van der Waals surface area contributed by atoms with Gasteiger partial charge in [0.1, 0.15) is 31.1 Å². The van der Waals surface area contributed by atoms with Gasteiger partial charge in [-0.3, -0.25) is 9.59 Å². The van der Waals surface area contributed by atoms with Crippen LogP contribution in [0.1, 0.15) is 150 Å². The van der Waals surface area contributed by atoms with Crippen molar-refractivity contribution in [3.8, 4) is 11.5 Å². The van der Waals surface area contributed by atoms with E-state index in [0.717, 1.165) is 11.1 Å². The predicted octanol–water partition coefficient (Wildman–Crippen LogP) is 8.18. The van der Waals surface area contributed by atoms with Crippen molar-refractivity contribution in [1.29, 1.82) is 0 Å². The summed E-state index contributed by atoms with van der Waals surface area (Å²) < 4.78 is 11.0. The lowest BCUT2D eigenvalue weighted by Gasteiger charge is -2.28. The fourth-order valence-electron chi connectivity index (χ4n) is 5.83. The molecule has 1 aliphatic heterocycles. The number of hydrogen-bond donors (Lipinski definition) is 2. The van der Waals surface area contributed by atoms with E-state index < -0.39 is 58.2 Å². The van der Waals surface area contributed by atoms with Crippen molar-refractivity contribution in [3.63, 3.8) is 0 Å². The molecule has 0 radical (unpaired) electrons. The van der Waals surface area contributed by atoms with Gasteiger partial charge in [-0.2, -0.15) is 9.78 Å². The van der Waals surface area contributed by atoms with E-state index in [-0.39, 0.29) is 42.0 Å². The lowest BCUT2D eigenvalue weighted by atomic mass is 9.78. The minimum Gasteiger partial charge on any atom is -0.507 e. The number of carbonyl (C=O) groups is 4. The smallest absolute Gasteiger partial charge is 0.420 e. The molecule has 0 spiro atoms. The van der Waals surface area contributed by atoms with Crippen molar-refractivity contribution in [2.75, 3.05) is 0 Å². The van der Waals surface area contributed by atoms with Gasteiger partial charge in [-0.05, 0) is 84.7 Å². The summed E-state index contributed by atoms with van der Waals surface area (Å²) in [6.07, 6.45) is -1.08. The van der Waals surface area contributed by atoms with Crippen LogP contribution in [0, 0.1) is 11.3 Å². The molecule has 2 aromatic carbocycles. The van der Waals surface area contributed by atoms with E-state index in [2.05, 4.69) is 0 Å². The maximum atomic E-state index is 13.2. The highest BCUT2D eigenvalue weighted by molar-refractivity contribution is 5.86. The van der Waals surface area contributed by atoms with Gasteiger partial charge in [0, 0.05) is 0 Å². The average molecular weight is 757 g/mol. The number of carbonyl (C=O) groups excluding carboxylic acids is 4. The number of hydrogen-bond acceptors (Lipinski definition) is 12. The first kappa shape index (κ1) is 44.2. The van der Waals surface area contributed by atoms with Gasteiger partial charge in [0.05, 0.1) is 12.3 Å². The average Bonchev–Trinajstić information content (AvgIpc) is 3.78. The molecule has 3 rings (SSSR count). The highest BCUT2D eigenvalue weighted by Gasteiger charge is 2.62. The van der Waals surface area contributed by atoms with Crippen LogP contribution in [0.4, 0.5) is 0 Å². The zero-order valence-corrected chi connectivity index (χ0v) is 34.7. The van der Waals surface area contributed by atoms with E-state index in [1.54, 1.807) is 45.0 Å². The van der Waals surface area contributed by atoms with E-state index >= 15 is 0 Å². The van der Waals surface area contributed by atoms with E-state index in [4.69, 9.17) is 29.0 Å². The van der Waals surface area contributed by atoms with Crippen LogP contribution >= 0.6 is 0 Å². The third-order valence-corrected chi connectivity index (χ3v) is 9.24. The molecular formula is C42H60O12. The van der Waals surface area contributed by atoms with Crippen LogP contribution in [0.15, 0.2) is 24.3 Å². The van der Waals surface area contributed by atoms with Gasteiger partial charge in [0.2, 0.25) is 0 Å². The van der Waals surface area contributed by atoms with E-state index in [1.165, 1.54) is 0 Å². The summed E-state index contributed by atoms with van der Waals surface area (Å²) in [5.41, 5.74) is 1.79. The van der Waals surface area contributed by atoms with Crippen molar-refractivity contribution in [2.45, 2.75) is 157 Å². The Balaban J connectivity index is 1.63. The number of ether oxygens (including phenoxy) is 2. The van der Waals surface area contributed by atoms with Gasteiger partial charge in [-0.1, -0.05) is 104 Å². The molecule has 1 saturated heterocycles. The monoisotopic (exact) mass is 756 g/mol. The number of rotatable bonds is 10. The second-order valence-corrected chi connectivity index (χ2v) is 19.4. The minimum atomic E-state index is -2.17. The first-order valence-electron chi connectivity index (χ1n) is 18.2. The molecule has 0 bridgehead atoms. The fraction of sp³-hybridized carbons (Fsp3) is 0.619. The first-order chi connectivity index (χ1) is 24.4. The second-order valence-electron chi connectivity index (χ2n) is 19.4. The maximum Gasteiger partial charge on any atom is 0.420 e. The SMILES string of the molecule is CC(C)(C)c1cc(COC(=O)CC(C(=O)OOC(=O)C2(CC(=O)OCc3cc(C(C)(C)C)c(O)c(C(C)(C)C)c3)OO2)C(C)(C)C)cc(C(C)(C)C)c1O. The van der Waals surface area contributed by atoms with Crippen molar-refractivity contribution >= 4 is 23.9 Å². The van der Waals surface area contributed by atoms with Crippen molar-refractivity contribution in [2.24, 2.45) is 11.3 Å². The Kier molecular flexibility index (Phi) is 12.7. The third kappa shape index (κ3) is 11.2. The zero-order valence-electron chi connectivity index (χ0n) is 34.7. The van der Waals surface area contributed by atoms with E-state index in [0.29, 0.717) is 22.3 Å². The molecule has 12 nitrogen and oxygen atoms in total. The van der Waals surface area contributed by atoms with Crippen LogP contribution in [0.25, 0.3) is 0 Å². The lowest BCUT2D eigenvalue weighted by molar-refractivity contribution is -0.269. The first-order valence-corrected chi connectivity index (χ1v) is 18.2. The molecular weight excluding hydrogens is 696 g/mol. The highest BCUT2D eigenvalue weighted by atomic mass is 17.4. The van der Waals surface area contributed by atoms with Crippen LogP contribution in [-0.4, -0.2) is 39.9 Å². The van der Waals surface area contributed by atoms with Crippen molar-refractivity contribution in [3.05, 3.63) is 57.6 Å². The van der Waals surface area contributed by atoms with Gasteiger partial charge in [-0.25, -0.2) is 19.4 Å². The Morgan fingerprint density at radius 2 is 0.944 bits per heavy atom. The Morgan fingerprint density at radius 1 is 0.593 bits per heavy atom. The summed E-state index contributed by atoms with van der Waals surface area (Å²) in [6, 6.07) is 7.15. The molecule has 2 N–H and O–H groups in total. The highest BCUT2D eigenvalue weighted by Crippen LogP contribution is 2.42. The molecule has 300 valence electrons. The molecule has 2 aromatic rings. The number of phenols is 2. The Hall–Kier alpha value is -4.16. The van der Waals surface area contributed by atoms with Gasteiger partial charge >= 0.3 is 29.7 Å². The molecule has 0 aromatic heterocycles. The molecule has 12 heteroatoms. The molecule has 0 amide bonds. The van der Waals surface area contributed by atoms with Crippen LogP contribution in [0.2, 0.25) is 0 Å². The lowest BCUT2D eigenvalue weighted by Crippen LogP contribution is -2.35. The number of esters is 2. The largest absolute Gasteiger partial charge is 0.507 e. The summed E-state index contributed by atoms with van der Waals surface area (Å²) in [6.45, 7) is 28.6. The van der Waals surface area contributed by atoms with Crippen molar-refractivity contribution < 1.29 is 58.4 Å². The zero-order chi connectivity index (χ0) is 41.4. The van der Waals surface area contributed by atoms with Gasteiger partial charge in [0.25, 0.3) is 0 Å². The summed E-state index contributed by atoms with van der Waals surface area (Å²) >= 11 is 0. The minimum absolute atomic E-state index is 0.0955. The summed E-state index contributed by atoms with van der Waals surface area (Å²) in [7, 11) is 0. The molecule has 1 unspecified atom stereocenters. The Bertz CT molecular complexity index is 1660. The molecule has 1 atom stereocenters. The molecule has 54 heavy (non-hydrogen) atoms. The Morgan fingerprint density at radius 3 is 1.26 bits per heavy atom.